The Morgan fingerprint density at radius 1 is 1.27 bits per heavy atom. The van der Waals surface area contributed by atoms with E-state index in [1.165, 1.54) is 0 Å². The third-order valence-corrected chi connectivity index (χ3v) is 3.87. The van der Waals surface area contributed by atoms with Crippen LogP contribution in [0.25, 0.3) is 0 Å². The van der Waals surface area contributed by atoms with Crippen LogP contribution in [0.1, 0.15) is 18.4 Å². The molecule has 0 unspecified atom stereocenters. The normalized spacial score (nSPS) is 13.1. The van der Waals surface area contributed by atoms with Crippen LogP contribution in [0.2, 0.25) is 0 Å². The number of hydrogen-bond acceptors (Lipinski definition) is 7. The first-order valence-electron chi connectivity index (χ1n) is 8.44. The molecule has 1 amide bonds. The van der Waals surface area contributed by atoms with E-state index in [1.54, 1.807) is 0 Å². The maximum Gasteiger partial charge on any atom is 0.329 e. The lowest BCUT2D eigenvalue weighted by Gasteiger charge is -2.09. The van der Waals surface area contributed by atoms with Crippen molar-refractivity contribution >= 4 is 23.4 Å². The Balaban J connectivity index is 1.48. The molecule has 136 valence electrons. The molecule has 0 radical (unpaired) electrons. The van der Waals surface area contributed by atoms with Gasteiger partial charge in [0.1, 0.15) is 6.20 Å². The average Bonchev–Trinajstić information content (AvgIpc) is 3.45. The maximum absolute atomic E-state index is 11.9. The van der Waals surface area contributed by atoms with Gasteiger partial charge in [-0.15, -0.1) is 0 Å². The van der Waals surface area contributed by atoms with Gasteiger partial charge in [0.15, 0.2) is 0 Å². The van der Waals surface area contributed by atoms with Crippen LogP contribution in [0.3, 0.4) is 0 Å². The lowest BCUT2D eigenvalue weighted by molar-refractivity contribution is -0.384. The highest BCUT2D eigenvalue weighted by atomic mass is 16.6. The van der Waals surface area contributed by atoms with E-state index < -0.39 is 4.92 Å². The van der Waals surface area contributed by atoms with Gasteiger partial charge in [0.2, 0.25) is 17.7 Å². The molecular formula is C17H20N6O3. The summed E-state index contributed by atoms with van der Waals surface area (Å²) in [7, 11) is 0. The number of nitrogens with zero attached hydrogens (tertiary/aromatic N) is 3. The molecule has 0 spiro atoms. The van der Waals surface area contributed by atoms with Gasteiger partial charge in [0.25, 0.3) is 0 Å². The van der Waals surface area contributed by atoms with Crippen LogP contribution in [0.15, 0.2) is 36.5 Å². The van der Waals surface area contributed by atoms with Crippen molar-refractivity contribution in [3.63, 3.8) is 0 Å². The van der Waals surface area contributed by atoms with Crippen LogP contribution in [0.4, 0.5) is 17.5 Å². The molecule has 1 aromatic carbocycles. The number of nitro groups is 1. The molecule has 1 aromatic heterocycles. The fraction of sp³-hybridized carbons (Fsp3) is 0.353. The maximum atomic E-state index is 11.9. The molecule has 0 saturated heterocycles. The fourth-order valence-corrected chi connectivity index (χ4v) is 2.33. The summed E-state index contributed by atoms with van der Waals surface area (Å²) in [5.74, 6) is 0.163. The number of rotatable bonds is 9. The molecule has 3 N–H and O–H groups in total. The molecule has 0 aliphatic heterocycles. The van der Waals surface area contributed by atoms with Crippen LogP contribution in [0.5, 0.6) is 0 Å². The molecule has 1 saturated carbocycles. The highest BCUT2D eigenvalue weighted by molar-refractivity contribution is 5.80. The number of anilines is 2. The fourth-order valence-electron chi connectivity index (χ4n) is 2.33. The Kier molecular flexibility index (Phi) is 5.57. The minimum Gasteiger partial charge on any atom is -0.361 e. The lowest BCUT2D eigenvalue weighted by atomic mass is 10.1. The first-order chi connectivity index (χ1) is 12.6. The number of carbonyl (C=O) groups is 1. The van der Waals surface area contributed by atoms with Crippen LogP contribution >= 0.6 is 0 Å². The van der Waals surface area contributed by atoms with E-state index in [4.69, 9.17) is 0 Å². The second-order valence-electron chi connectivity index (χ2n) is 6.04. The first kappa shape index (κ1) is 17.6. The smallest absolute Gasteiger partial charge is 0.329 e. The third kappa shape index (κ3) is 5.13. The average molecular weight is 356 g/mol. The molecule has 1 aliphatic rings. The summed E-state index contributed by atoms with van der Waals surface area (Å²) >= 11 is 0. The number of nitrogens with one attached hydrogen (secondary N) is 3. The third-order valence-electron chi connectivity index (χ3n) is 3.87. The first-order valence-corrected chi connectivity index (χ1v) is 8.44. The lowest BCUT2D eigenvalue weighted by Crippen LogP contribution is -2.31. The van der Waals surface area contributed by atoms with Crippen molar-refractivity contribution in [2.24, 2.45) is 0 Å². The van der Waals surface area contributed by atoms with Crippen molar-refractivity contribution in [3.8, 4) is 0 Å². The Bertz CT molecular complexity index is 779. The van der Waals surface area contributed by atoms with E-state index >= 15 is 0 Å². The summed E-state index contributed by atoms with van der Waals surface area (Å²) in [6.07, 6.45) is 3.82. The summed E-state index contributed by atoms with van der Waals surface area (Å²) in [4.78, 5) is 30.4. The molecule has 2 aromatic rings. The van der Waals surface area contributed by atoms with Gasteiger partial charge in [-0.25, -0.2) is 4.98 Å². The summed E-state index contributed by atoms with van der Waals surface area (Å²) in [5.41, 5.74) is 0.977. The Hall–Kier alpha value is -3.23. The van der Waals surface area contributed by atoms with Gasteiger partial charge in [-0.1, -0.05) is 30.3 Å². The number of amides is 1. The molecule has 26 heavy (non-hydrogen) atoms. The Labute approximate surface area is 150 Å². The topological polar surface area (TPSA) is 122 Å². The zero-order valence-corrected chi connectivity index (χ0v) is 14.1. The van der Waals surface area contributed by atoms with E-state index in [9.17, 15) is 14.9 Å². The van der Waals surface area contributed by atoms with Crippen molar-refractivity contribution in [2.75, 3.05) is 23.7 Å². The number of hydrogen-bond donors (Lipinski definition) is 3. The number of aromatic nitrogens is 2. The van der Waals surface area contributed by atoms with Crippen molar-refractivity contribution < 1.29 is 9.72 Å². The van der Waals surface area contributed by atoms with Gasteiger partial charge < -0.3 is 16.0 Å². The molecule has 9 heteroatoms. The second kappa shape index (κ2) is 8.24. The van der Waals surface area contributed by atoms with Crippen LogP contribution in [-0.4, -0.2) is 39.9 Å². The summed E-state index contributed by atoms with van der Waals surface area (Å²) < 4.78 is 0. The predicted molar refractivity (Wildman–Crippen MR) is 97.0 cm³/mol. The highest BCUT2D eigenvalue weighted by Gasteiger charge is 2.26. The van der Waals surface area contributed by atoms with Crippen molar-refractivity contribution in [1.82, 2.24) is 15.3 Å². The second-order valence-corrected chi connectivity index (χ2v) is 6.04. The molecule has 0 atom stereocenters. The number of benzene rings is 1. The van der Waals surface area contributed by atoms with Gasteiger partial charge in [-0.05, 0) is 24.8 Å². The zero-order valence-electron chi connectivity index (χ0n) is 14.1. The molecule has 1 heterocycles. The minimum absolute atomic E-state index is 0.00449. The van der Waals surface area contributed by atoms with Gasteiger partial charge in [-0.3, -0.25) is 14.9 Å². The van der Waals surface area contributed by atoms with E-state index in [2.05, 4.69) is 25.9 Å². The highest BCUT2D eigenvalue weighted by Crippen LogP contribution is 2.29. The van der Waals surface area contributed by atoms with Crippen molar-refractivity contribution in [1.29, 1.82) is 0 Å². The molecule has 0 bridgehead atoms. The largest absolute Gasteiger partial charge is 0.361 e. The monoisotopic (exact) mass is 356 g/mol. The van der Waals surface area contributed by atoms with Gasteiger partial charge in [0.05, 0.1) is 11.5 Å². The van der Waals surface area contributed by atoms with Crippen LogP contribution in [0, 0.1) is 10.1 Å². The molecule has 1 fully saturated rings. The van der Waals surface area contributed by atoms with E-state index in [-0.39, 0.29) is 35.9 Å². The quantitative estimate of drug-likeness (QED) is 0.462. The van der Waals surface area contributed by atoms with E-state index in [0.29, 0.717) is 6.54 Å². The molecule has 3 rings (SSSR count). The summed E-state index contributed by atoms with van der Waals surface area (Å²) in [5, 5.41) is 19.7. The zero-order chi connectivity index (χ0) is 18.4. The van der Waals surface area contributed by atoms with Gasteiger partial charge in [-0.2, -0.15) is 4.98 Å². The van der Waals surface area contributed by atoms with Crippen molar-refractivity contribution in [3.05, 3.63) is 52.2 Å². The summed E-state index contributed by atoms with van der Waals surface area (Å²) in [6.45, 7) is 0.523. The van der Waals surface area contributed by atoms with Crippen LogP contribution < -0.4 is 16.0 Å². The Morgan fingerprint density at radius 3 is 2.73 bits per heavy atom. The van der Waals surface area contributed by atoms with E-state index in [0.717, 1.165) is 31.0 Å². The standard InChI is InChI=1S/C17H20N6O3/c24-15(18-9-8-12-4-2-1-3-5-12)11-20-17-19-10-14(23(25)26)16(22-17)21-13-6-7-13/h1-5,10,13H,6-9,11H2,(H,18,24)(H2,19,20,21,22). The minimum atomic E-state index is -0.523. The Morgan fingerprint density at radius 2 is 2.04 bits per heavy atom. The molecular weight excluding hydrogens is 336 g/mol. The van der Waals surface area contributed by atoms with Gasteiger partial charge >= 0.3 is 5.69 Å². The molecule has 1 aliphatic carbocycles. The van der Waals surface area contributed by atoms with Crippen molar-refractivity contribution in [2.45, 2.75) is 25.3 Å². The SMILES string of the molecule is O=C(CNc1ncc([N+](=O)[O-])c(NC2CC2)n1)NCCc1ccccc1. The van der Waals surface area contributed by atoms with Crippen LogP contribution in [-0.2, 0) is 11.2 Å². The van der Waals surface area contributed by atoms with E-state index in [1.807, 2.05) is 30.3 Å². The molecule has 9 nitrogen and oxygen atoms in total. The van der Waals surface area contributed by atoms with Gasteiger partial charge in [0, 0.05) is 12.6 Å². The predicted octanol–water partition coefficient (Wildman–Crippen LogP) is 1.73. The summed E-state index contributed by atoms with van der Waals surface area (Å²) in [6, 6.07) is 10.1. The number of carbonyl (C=O) groups excluding carboxylic acids is 1.